The fraction of sp³-hybridized carbons (Fsp3) is 0.360. The van der Waals surface area contributed by atoms with Crippen molar-refractivity contribution in [2.24, 2.45) is 0 Å². The van der Waals surface area contributed by atoms with E-state index in [-0.39, 0.29) is 13.2 Å². The Hall–Kier alpha value is -3.40. The first-order chi connectivity index (χ1) is 16.5. The molecule has 0 bridgehead atoms. The Kier molecular flexibility index (Phi) is 11.6. The quantitative estimate of drug-likeness (QED) is 0.198. The maximum Gasteiger partial charge on any atom is 0.412 e. The Balaban J connectivity index is 2.24. The van der Waals surface area contributed by atoms with E-state index >= 15 is 0 Å². The van der Waals surface area contributed by atoms with Gasteiger partial charge in [0.25, 0.3) is 5.91 Å². The molecule has 34 heavy (non-hydrogen) atoms. The molecule has 0 spiro atoms. The lowest BCUT2D eigenvalue weighted by Gasteiger charge is -2.27. The number of ether oxygens (including phenoxy) is 3. The van der Waals surface area contributed by atoms with Crippen LogP contribution in [0.4, 0.5) is 10.5 Å². The number of rotatable bonds is 13. The Morgan fingerprint density at radius 3 is 2.59 bits per heavy atom. The molecule has 2 aromatic carbocycles. The maximum absolute atomic E-state index is 12.8. The number of anilines is 1. The van der Waals surface area contributed by atoms with Crippen LogP contribution in [0, 0.1) is 6.92 Å². The zero-order valence-corrected chi connectivity index (χ0v) is 19.4. The number of nitrogens with one attached hydrogen (secondary N) is 2. The molecule has 9 nitrogen and oxygen atoms in total. The summed E-state index contributed by atoms with van der Waals surface area (Å²) in [6, 6.07) is 14.4. The summed E-state index contributed by atoms with van der Waals surface area (Å²) in [5, 5.41) is 20.4. The van der Waals surface area contributed by atoms with E-state index in [1.54, 1.807) is 42.5 Å². The predicted molar refractivity (Wildman–Crippen MR) is 127 cm³/mol. The number of allylic oxidation sites excluding steroid dienone is 1. The normalized spacial score (nSPS) is 12.7. The summed E-state index contributed by atoms with van der Waals surface area (Å²) < 4.78 is 17.2. The van der Waals surface area contributed by atoms with E-state index in [4.69, 9.17) is 24.5 Å². The third-order valence-corrected chi connectivity index (χ3v) is 4.79. The van der Waals surface area contributed by atoms with Crippen LogP contribution in [0.1, 0.15) is 37.0 Å². The van der Waals surface area contributed by atoms with Gasteiger partial charge in [-0.3, -0.25) is 15.3 Å². The summed E-state index contributed by atoms with van der Waals surface area (Å²) in [7, 11) is 0. The molecule has 0 saturated carbocycles. The Labute approximate surface area is 199 Å². The molecule has 0 fully saturated rings. The van der Waals surface area contributed by atoms with Crippen LogP contribution >= 0.6 is 0 Å². The van der Waals surface area contributed by atoms with Gasteiger partial charge in [-0.05, 0) is 56.5 Å². The highest BCUT2D eigenvalue weighted by Crippen LogP contribution is 2.30. The molecule has 0 aromatic heterocycles. The second-order valence-corrected chi connectivity index (χ2v) is 7.41. The SMILES string of the molecule is CCO[C@H](CC/C=C/C(=O)NO)[C@H](OC(=O)Nc1ccc(C)cc1)c1cccc(OCCO)c1. The summed E-state index contributed by atoms with van der Waals surface area (Å²) in [4.78, 5) is 24.0. The highest BCUT2D eigenvalue weighted by molar-refractivity contribution is 5.86. The molecule has 2 aromatic rings. The minimum Gasteiger partial charge on any atom is -0.491 e. The minimum absolute atomic E-state index is 0.127. The molecule has 0 heterocycles. The van der Waals surface area contributed by atoms with Crippen LogP contribution in [0.5, 0.6) is 5.75 Å². The van der Waals surface area contributed by atoms with E-state index in [0.29, 0.717) is 36.4 Å². The van der Waals surface area contributed by atoms with Gasteiger partial charge in [-0.1, -0.05) is 35.9 Å². The van der Waals surface area contributed by atoms with Crippen LogP contribution in [0.2, 0.25) is 0 Å². The Bertz CT molecular complexity index is 931. The average molecular weight is 473 g/mol. The van der Waals surface area contributed by atoms with Crippen molar-refractivity contribution in [3.8, 4) is 5.75 Å². The first-order valence-corrected chi connectivity index (χ1v) is 11.1. The average Bonchev–Trinajstić information content (AvgIpc) is 2.84. The van der Waals surface area contributed by atoms with E-state index in [0.717, 1.165) is 5.56 Å². The zero-order chi connectivity index (χ0) is 24.8. The van der Waals surface area contributed by atoms with E-state index in [9.17, 15) is 9.59 Å². The number of carbonyl (C=O) groups excluding carboxylic acids is 2. The highest BCUT2D eigenvalue weighted by Gasteiger charge is 2.28. The lowest BCUT2D eigenvalue weighted by atomic mass is 10.00. The first-order valence-electron chi connectivity index (χ1n) is 11.1. The third kappa shape index (κ3) is 9.22. The number of hydrogen-bond donors (Lipinski definition) is 4. The lowest BCUT2D eigenvalue weighted by Crippen LogP contribution is -2.29. The summed E-state index contributed by atoms with van der Waals surface area (Å²) in [5.74, 6) is -0.110. The van der Waals surface area contributed by atoms with Gasteiger partial charge in [-0.25, -0.2) is 10.3 Å². The number of benzene rings is 2. The molecular weight excluding hydrogens is 440 g/mol. The van der Waals surface area contributed by atoms with Gasteiger partial charge in [0.1, 0.15) is 12.4 Å². The van der Waals surface area contributed by atoms with E-state index in [1.165, 1.54) is 11.6 Å². The first kappa shape index (κ1) is 26.8. The molecule has 0 radical (unpaired) electrons. The zero-order valence-electron chi connectivity index (χ0n) is 19.4. The van der Waals surface area contributed by atoms with Crippen molar-refractivity contribution in [3.63, 3.8) is 0 Å². The highest BCUT2D eigenvalue weighted by atomic mass is 16.6. The number of aryl methyl sites for hydroxylation is 1. The molecule has 9 heteroatoms. The van der Waals surface area contributed by atoms with Crippen LogP contribution < -0.4 is 15.5 Å². The predicted octanol–water partition coefficient (Wildman–Crippen LogP) is 3.90. The van der Waals surface area contributed by atoms with Gasteiger partial charge in [-0.2, -0.15) is 0 Å². The monoisotopic (exact) mass is 472 g/mol. The van der Waals surface area contributed by atoms with Crippen LogP contribution in [-0.2, 0) is 14.3 Å². The fourth-order valence-corrected chi connectivity index (χ4v) is 3.23. The van der Waals surface area contributed by atoms with Crippen LogP contribution in [0.25, 0.3) is 0 Å². The van der Waals surface area contributed by atoms with E-state index in [1.807, 2.05) is 26.0 Å². The topological polar surface area (TPSA) is 126 Å². The van der Waals surface area contributed by atoms with Gasteiger partial charge in [0.15, 0.2) is 6.10 Å². The summed E-state index contributed by atoms with van der Waals surface area (Å²) in [6.45, 7) is 4.18. The Morgan fingerprint density at radius 2 is 1.91 bits per heavy atom. The summed E-state index contributed by atoms with van der Waals surface area (Å²) in [6.07, 6.45) is 1.75. The van der Waals surface area contributed by atoms with Crippen LogP contribution in [0.15, 0.2) is 60.7 Å². The fourth-order valence-electron chi connectivity index (χ4n) is 3.23. The van der Waals surface area contributed by atoms with Gasteiger partial charge in [0, 0.05) is 18.4 Å². The minimum atomic E-state index is -0.775. The molecule has 0 aliphatic rings. The molecule has 184 valence electrons. The smallest absolute Gasteiger partial charge is 0.412 e. The van der Waals surface area contributed by atoms with Crippen molar-refractivity contribution in [1.82, 2.24) is 5.48 Å². The standard InChI is InChI=1S/C25H32N2O7/c1-3-32-22(9-4-5-10-23(29)27-31)24(19-7-6-8-21(17-19)33-16-15-28)34-25(30)26-20-13-11-18(2)12-14-20/h5-8,10-14,17,22,24,28,31H,3-4,9,15-16H2,1-2H3,(H,26,30)(H,27,29)/b10-5+/t22-,24-/m1/s1. The molecule has 0 aliphatic carbocycles. The van der Waals surface area contributed by atoms with Crippen molar-refractivity contribution < 1.29 is 34.1 Å². The van der Waals surface area contributed by atoms with Crippen molar-refractivity contribution in [3.05, 3.63) is 71.8 Å². The molecule has 0 unspecified atom stereocenters. The maximum atomic E-state index is 12.8. The van der Waals surface area contributed by atoms with E-state index in [2.05, 4.69) is 5.32 Å². The Morgan fingerprint density at radius 1 is 1.15 bits per heavy atom. The number of carbonyl (C=O) groups is 2. The molecule has 4 N–H and O–H groups in total. The van der Waals surface area contributed by atoms with Gasteiger partial charge in [-0.15, -0.1) is 0 Å². The van der Waals surface area contributed by atoms with Crippen LogP contribution in [0.3, 0.4) is 0 Å². The molecule has 0 aliphatic heterocycles. The third-order valence-electron chi connectivity index (χ3n) is 4.79. The summed E-state index contributed by atoms with van der Waals surface area (Å²) >= 11 is 0. The second kappa shape index (κ2) is 14.7. The van der Waals surface area contributed by atoms with Crippen LogP contribution in [-0.4, -0.2) is 48.2 Å². The van der Waals surface area contributed by atoms with Gasteiger partial charge in [0.2, 0.25) is 0 Å². The number of aliphatic hydroxyl groups excluding tert-OH is 1. The number of aliphatic hydroxyl groups is 1. The molecule has 2 amide bonds. The van der Waals surface area contributed by atoms with Crippen molar-refractivity contribution >= 4 is 17.7 Å². The van der Waals surface area contributed by atoms with E-state index < -0.39 is 24.2 Å². The number of amides is 2. The lowest BCUT2D eigenvalue weighted by molar-refractivity contribution is -0.124. The van der Waals surface area contributed by atoms with Gasteiger partial charge < -0.3 is 19.3 Å². The van der Waals surface area contributed by atoms with Crippen molar-refractivity contribution in [1.29, 1.82) is 0 Å². The summed E-state index contributed by atoms with van der Waals surface area (Å²) in [5.41, 5.74) is 3.86. The largest absolute Gasteiger partial charge is 0.491 e. The molecular formula is C25H32N2O7. The molecule has 2 atom stereocenters. The second-order valence-electron chi connectivity index (χ2n) is 7.41. The van der Waals surface area contributed by atoms with Gasteiger partial charge in [0.05, 0.1) is 12.7 Å². The number of hydrogen-bond acceptors (Lipinski definition) is 7. The van der Waals surface area contributed by atoms with Gasteiger partial charge >= 0.3 is 6.09 Å². The van der Waals surface area contributed by atoms with Crippen molar-refractivity contribution in [2.75, 3.05) is 25.1 Å². The number of hydroxylamine groups is 1. The molecule has 2 rings (SSSR count). The van der Waals surface area contributed by atoms with Crippen molar-refractivity contribution in [2.45, 2.75) is 38.9 Å². The molecule has 0 saturated heterocycles.